The number of sulfonamides is 1. The van der Waals surface area contributed by atoms with Gasteiger partial charge >= 0.3 is 0 Å². The lowest BCUT2D eigenvalue weighted by Crippen LogP contribution is -2.44. The van der Waals surface area contributed by atoms with Crippen LogP contribution in [-0.2, 0) is 14.8 Å². The molecular formula is C11H14FNO3S. The van der Waals surface area contributed by atoms with Gasteiger partial charge in [0.1, 0.15) is 5.82 Å². The minimum absolute atomic E-state index is 0.112. The number of benzene rings is 1. The van der Waals surface area contributed by atoms with E-state index < -0.39 is 15.8 Å². The fourth-order valence-corrected chi connectivity index (χ4v) is 3.26. The number of halogens is 1. The first kappa shape index (κ1) is 12.5. The van der Waals surface area contributed by atoms with Gasteiger partial charge in [-0.25, -0.2) is 12.8 Å². The molecule has 0 saturated carbocycles. The highest BCUT2D eigenvalue weighted by atomic mass is 32.2. The van der Waals surface area contributed by atoms with Gasteiger partial charge in [0.25, 0.3) is 0 Å². The van der Waals surface area contributed by atoms with E-state index in [0.717, 1.165) is 12.1 Å². The van der Waals surface area contributed by atoms with Crippen LogP contribution in [0.5, 0.6) is 0 Å². The average Bonchev–Trinajstić information content (AvgIpc) is 2.29. The second kappa shape index (κ2) is 4.72. The molecule has 2 rings (SSSR count). The third kappa shape index (κ3) is 2.65. The zero-order chi connectivity index (χ0) is 12.5. The molecule has 1 aromatic rings. The largest absolute Gasteiger partial charge is 0.376 e. The summed E-state index contributed by atoms with van der Waals surface area (Å²) in [6.45, 7) is 2.89. The molecule has 6 heteroatoms. The van der Waals surface area contributed by atoms with Crippen LogP contribution in [0.2, 0.25) is 0 Å². The fourth-order valence-electron chi connectivity index (χ4n) is 1.76. The molecule has 17 heavy (non-hydrogen) atoms. The van der Waals surface area contributed by atoms with Gasteiger partial charge in [-0.15, -0.1) is 0 Å². The third-order valence-corrected chi connectivity index (χ3v) is 4.53. The second-order valence-electron chi connectivity index (χ2n) is 4.00. The summed E-state index contributed by atoms with van der Waals surface area (Å²) in [5.74, 6) is -0.445. The van der Waals surface area contributed by atoms with Gasteiger partial charge in [0.2, 0.25) is 10.0 Å². The summed E-state index contributed by atoms with van der Waals surface area (Å²) in [4.78, 5) is 0.119. The molecule has 1 saturated heterocycles. The Bertz CT molecular complexity index is 486. The highest BCUT2D eigenvalue weighted by molar-refractivity contribution is 7.89. The molecule has 0 N–H and O–H groups in total. The van der Waals surface area contributed by atoms with Crippen molar-refractivity contribution >= 4 is 10.0 Å². The Kier molecular flexibility index (Phi) is 3.46. The lowest BCUT2D eigenvalue weighted by molar-refractivity contribution is 0.0102. The lowest BCUT2D eigenvalue weighted by atomic mass is 10.3. The lowest BCUT2D eigenvalue weighted by Gasteiger charge is -2.30. The Hall–Kier alpha value is -0.980. The summed E-state index contributed by atoms with van der Waals surface area (Å²) >= 11 is 0. The molecule has 1 aromatic carbocycles. The molecule has 0 bridgehead atoms. The van der Waals surface area contributed by atoms with Gasteiger partial charge < -0.3 is 4.74 Å². The Morgan fingerprint density at radius 2 is 2.00 bits per heavy atom. The zero-order valence-electron chi connectivity index (χ0n) is 9.47. The highest BCUT2D eigenvalue weighted by Crippen LogP contribution is 2.18. The fraction of sp³-hybridized carbons (Fsp3) is 0.455. The van der Waals surface area contributed by atoms with Crippen LogP contribution in [0.3, 0.4) is 0 Å². The first-order chi connectivity index (χ1) is 8.00. The van der Waals surface area contributed by atoms with E-state index >= 15 is 0 Å². The Balaban J connectivity index is 2.26. The van der Waals surface area contributed by atoms with Crippen LogP contribution in [0.25, 0.3) is 0 Å². The van der Waals surface area contributed by atoms with E-state index in [1.807, 2.05) is 6.92 Å². The molecule has 1 aliphatic heterocycles. The van der Waals surface area contributed by atoms with Gasteiger partial charge in [0, 0.05) is 13.1 Å². The van der Waals surface area contributed by atoms with Gasteiger partial charge in [-0.05, 0) is 31.2 Å². The minimum Gasteiger partial charge on any atom is -0.376 e. The van der Waals surface area contributed by atoms with Crippen molar-refractivity contribution in [1.82, 2.24) is 4.31 Å². The summed E-state index contributed by atoms with van der Waals surface area (Å²) in [5, 5.41) is 0. The topological polar surface area (TPSA) is 46.6 Å². The van der Waals surface area contributed by atoms with Gasteiger partial charge in [-0.3, -0.25) is 0 Å². The first-order valence-corrected chi connectivity index (χ1v) is 6.81. The van der Waals surface area contributed by atoms with Crippen molar-refractivity contribution in [2.75, 3.05) is 19.7 Å². The highest BCUT2D eigenvalue weighted by Gasteiger charge is 2.28. The number of hydrogen-bond donors (Lipinski definition) is 0. The van der Waals surface area contributed by atoms with Crippen LogP contribution < -0.4 is 0 Å². The number of morpholine rings is 1. The molecule has 94 valence electrons. The summed E-state index contributed by atoms with van der Waals surface area (Å²) in [6, 6.07) is 4.86. The smallest absolute Gasteiger partial charge is 0.243 e. The molecule has 0 amide bonds. The molecule has 0 radical (unpaired) electrons. The first-order valence-electron chi connectivity index (χ1n) is 5.37. The Labute approximate surface area is 100 Å². The molecule has 4 nitrogen and oxygen atoms in total. The molecule has 0 spiro atoms. The monoisotopic (exact) mass is 259 g/mol. The molecular weight excluding hydrogens is 245 g/mol. The van der Waals surface area contributed by atoms with E-state index in [-0.39, 0.29) is 11.0 Å². The van der Waals surface area contributed by atoms with E-state index in [2.05, 4.69) is 0 Å². The van der Waals surface area contributed by atoms with Crippen molar-refractivity contribution in [3.63, 3.8) is 0 Å². The molecule has 1 atom stereocenters. The predicted molar refractivity (Wildman–Crippen MR) is 60.6 cm³/mol. The maximum Gasteiger partial charge on any atom is 0.243 e. The van der Waals surface area contributed by atoms with Crippen LogP contribution in [0.4, 0.5) is 4.39 Å². The van der Waals surface area contributed by atoms with Crippen LogP contribution in [0.1, 0.15) is 6.92 Å². The van der Waals surface area contributed by atoms with Crippen molar-refractivity contribution in [1.29, 1.82) is 0 Å². The number of hydrogen-bond acceptors (Lipinski definition) is 3. The van der Waals surface area contributed by atoms with Crippen LogP contribution in [0, 0.1) is 5.82 Å². The Morgan fingerprint density at radius 3 is 2.59 bits per heavy atom. The van der Waals surface area contributed by atoms with E-state index in [0.29, 0.717) is 19.7 Å². The van der Waals surface area contributed by atoms with Crippen LogP contribution in [-0.4, -0.2) is 38.5 Å². The summed E-state index contributed by atoms with van der Waals surface area (Å²) in [7, 11) is -3.53. The Morgan fingerprint density at radius 1 is 1.35 bits per heavy atom. The van der Waals surface area contributed by atoms with Crippen molar-refractivity contribution in [2.24, 2.45) is 0 Å². The van der Waals surface area contributed by atoms with Gasteiger partial charge in [0.15, 0.2) is 0 Å². The quantitative estimate of drug-likeness (QED) is 0.802. The normalized spacial score (nSPS) is 22.6. The molecule has 0 aromatic heterocycles. The SMILES string of the molecule is C[C@H]1CN(S(=O)(=O)c2ccc(F)cc2)CCO1. The summed E-state index contributed by atoms with van der Waals surface area (Å²) in [6.07, 6.45) is -0.112. The van der Waals surface area contributed by atoms with E-state index in [4.69, 9.17) is 4.74 Å². The van der Waals surface area contributed by atoms with Crippen molar-refractivity contribution < 1.29 is 17.5 Å². The van der Waals surface area contributed by atoms with E-state index in [1.165, 1.54) is 16.4 Å². The maximum absolute atomic E-state index is 12.8. The van der Waals surface area contributed by atoms with Gasteiger partial charge in [0.05, 0.1) is 17.6 Å². The van der Waals surface area contributed by atoms with E-state index in [9.17, 15) is 12.8 Å². The van der Waals surface area contributed by atoms with Crippen LogP contribution in [0.15, 0.2) is 29.2 Å². The minimum atomic E-state index is -3.53. The number of ether oxygens (including phenoxy) is 1. The van der Waals surface area contributed by atoms with Crippen molar-refractivity contribution in [3.05, 3.63) is 30.1 Å². The predicted octanol–water partition coefficient (Wildman–Crippen LogP) is 1.24. The molecule has 1 heterocycles. The molecule has 1 aliphatic rings. The maximum atomic E-state index is 12.8. The number of rotatable bonds is 2. The number of nitrogens with zero attached hydrogens (tertiary/aromatic N) is 1. The van der Waals surface area contributed by atoms with Crippen molar-refractivity contribution in [2.45, 2.75) is 17.9 Å². The summed E-state index contributed by atoms with van der Waals surface area (Å²) in [5.41, 5.74) is 0. The van der Waals surface area contributed by atoms with E-state index in [1.54, 1.807) is 0 Å². The standard InChI is InChI=1S/C11H14FNO3S/c1-9-8-13(6-7-16-9)17(14,15)11-4-2-10(12)3-5-11/h2-5,9H,6-8H2,1H3/t9-/m0/s1. The zero-order valence-corrected chi connectivity index (χ0v) is 10.3. The molecule has 0 aliphatic carbocycles. The van der Waals surface area contributed by atoms with Crippen LogP contribution >= 0.6 is 0 Å². The molecule has 0 unspecified atom stereocenters. The van der Waals surface area contributed by atoms with Crippen molar-refractivity contribution in [3.8, 4) is 0 Å². The third-order valence-electron chi connectivity index (χ3n) is 2.66. The van der Waals surface area contributed by atoms with Gasteiger partial charge in [-0.1, -0.05) is 0 Å². The average molecular weight is 259 g/mol. The second-order valence-corrected chi connectivity index (χ2v) is 5.94. The van der Waals surface area contributed by atoms with Gasteiger partial charge in [-0.2, -0.15) is 4.31 Å². The summed E-state index contributed by atoms with van der Waals surface area (Å²) < 4.78 is 43.8. The molecule has 1 fully saturated rings.